The third-order valence-corrected chi connectivity index (χ3v) is 6.79. The average molecular weight is 560 g/mol. The molecule has 3 aromatic rings. The predicted molar refractivity (Wildman–Crippen MR) is 151 cm³/mol. The molecule has 2 aromatic carbocycles. The van der Waals surface area contributed by atoms with Gasteiger partial charge in [0.1, 0.15) is 11.5 Å². The first-order valence-electron chi connectivity index (χ1n) is 12.1. The molecular weight excluding hydrogens is 529 g/mol. The van der Waals surface area contributed by atoms with Gasteiger partial charge in [0.2, 0.25) is 17.8 Å². The van der Waals surface area contributed by atoms with Crippen molar-refractivity contribution in [1.82, 2.24) is 20.2 Å². The Morgan fingerprint density at radius 3 is 2.29 bits per heavy atom. The van der Waals surface area contributed by atoms with Crippen LogP contribution in [0.5, 0.6) is 11.5 Å². The van der Waals surface area contributed by atoms with Crippen molar-refractivity contribution < 1.29 is 19.1 Å². The standard InChI is InChI=1S/C25H25Cl2N5O4.C2H6/c1-5-21(34)29-17-11-32(13(2)33)12-18(17)31-25-28-10-15-8-14(6-7-16(15)30-25)22-23(26)19(35-3)9-20(36-4)24(22)27;1-2/h5-10,17-18H,1,11-12H2,2-4H3,(H,29,34)(H,28,30,31);1-2H3. The highest BCUT2D eigenvalue weighted by molar-refractivity contribution is 6.41. The SMILES string of the molecule is C=CC(=O)NC1CN(C(C)=O)CC1Nc1ncc2cc(-c3c(Cl)c(OC)cc(OC)c3Cl)ccc2n1.CC. The van der Waals surface area contributed by atoms with Crippen molar-refractivity contribution in [3.63, 3.8) is 0 Å². The smallest absolute Gasteiger partial charge is 0.243 e. The van der Waals surface area contributed by atoms with E-state index in [2.05, 4.69) is 27.2 Å². The number of benzene rings is 2. The van der Waals surface area contributed by atoms with E-state index in [1.165, 1.54) is 27.2 Å². The van der Waals surface area contributed by atoms with Gasteiger partial charge < -0.3 is 25.0 Å². The maximum absolute atomic E-state index is 11.9. The van der Waals surface area contributed by atoms with E-state index in [9.17, 15) is 9.59 Å². The van der Waals surface area contributed by atoms with Crippen LogP contribution >= 0.6 is 23.2 Å². The number of amides is 2. The van der Waals surface area contributed by atoms with Gasteiger partial charge in [-0.1, -0.05) is 49.7 Å². The van der Waals surface area contributed by atoms with E-state index in [1.54, 1.807) is 17.2 Å². The summed E-state index contributed by atoms with van der Waals surface area (Å²) >= 11 is 13.1. The van der Waals surface area contributed by atoms with Gasteiger partial charge in [-0.05, 0) is 23.8 Å². The topological polar surface area (TPSA) is 106 Å². The molecule has 38 heavy (non-hydrogen) atoms. The van der Waals surface area contributed by atoms with Gasteiger partial charge >= 0.3 is 0 Å². The lowest BCUT2D eigenvalue weighted by Crippen LogP contribution is -2.45. The molecule has 2 N–H and O–H groups in total. The number of hydrogen-bond acceptors (Lipinski definition) is 7. The van der Waals surface area contributed by atoms with Gasteiger partial charge in [0.25, 0.3) is 0 Å². The molecule has 0 radical (unpaired) electrons. The third kappa shape index (κ3) is 6.11. The molecule has 2 unspecified atom stereocenters. The molecule has 2 amide bonds. The second-order valence-corrected chi connectivity index (χ2v) is 9.00. The number of rotatable bonds is 7. The van der Waals surface area contributed by atoms with Crippen LogP contribution in [0, 0.1) is 0 Å². The Balaban J connectivity index is 0.00000195. The number of aromatic nitrogens is 2. The maximum atomic E-state index is 11.9. The number of hydrogen-bond donors (Lipinski definition) is 2. The van der Waals surface area contributed by atoms with Gasteiger partial charge in [-0.25, -0.2) is 9.97 Å². The fourth-order valence-electron chi connectivity index (χ4n) is 4.16. The van der Waals surface area contributed by atoms with E-state index in [0.717, 1.165) is 10.9 Å². The molecule has 2 heterocycles. The molecule has 1 aliphatic heterocycles. The molecule has 1 aromatic heterocycles. The minimum Gasteiger partial charge on any atom is -0.495 e. The summed E-state index contributed by atoms with van der Waals surface area (Å²) in [4.78, 5) is 34.5. The molecule has 0 bridgehead atoms. The monoisotopic (exact) mass is 559 g/mol. The molecule has 0 saturated carbocycles. The molecule has 11 heteroatoms. The summed E-state index contributed by atoms with van der Waals surface area (Å²) in [5.74, 6) is 0.880. The number of methoxy groups -OCH3 is 2. The van der Waals surface area contributed by atoms with E-state index < -0.39 is 0 Å². The second kappa shape index (κ2) is 12.8. The zero-order valence-electron chi connectivity index (χ0n) is 22.0. The third-order valence-electron chi connectivity index (χ3n) is 6.03. The molecule has 1 fully saturated rings. The van der Waals surface area contributed by atoms with Gasteiger partial charge in [0.15, 0.2) is 0 Å². The van der Waals surface area contributed by atoms with Crippen molar-refractivity contribution in [2.75, 3.05) is 32.6 Å². The van der Waals surface area contributed by atoms with E-state index >= 15 is 0 Å². The molecule has 0 spiro atoms. The average Bonchev–Trinajstić information content (AvgIpc) is 3.32. The van der Waals surface area contributed by atoms with Crippen molar-refractivity contribution in [1.29, 1.82) is 0 Å². The Morgan fingerprint density at radius 2 is 1.71 bits per heavy atom. The zero-order chi connectivity index (χ0) is 28.0. The minimum atomic E-state index is -0.312. The van der Waals surface area contributed by atoms with E-state index in [4.69, 9.17) is 32.7 Å². The van der Waals surface area contributed by atoms with E-state index in [-0.39, 0.29) is 23.9 Å². The van der Waals surface area contributed by atoms with Crippen molar-refractivity contribution >= 4 is 51.9 Å². The number of carbonyl (C=O) groups excluding carboxylic acids is 2. The number of likely N-dealkylation sites (tertiary alicyclic amines) is 1. The van der Waals surface area contributed by atoms with Crippen molar-refractivity contribution in [3.05, 3.63) is 53.2 Å². The molecule has 2 atom stereocenters. The predicted octanol–water partition coefficient (Wildman–Crippen LogP) is 4.96. The number of nitrogens with one attached hydrogen (secondary N) is 2. The Kier molecular flexibility index (Phi) is 9.77. The number of nitrogens with zero attached hydrogens (tertiary/aromatic N) is 3. The van der Waals surface area contributed by atoms with Gasteiger partial charge in [-0.15, -0.1) is 0 Å². The highest BCUT2D eigenvalue weighted by atomic mass is 35.5. The van der Waals surface area contributed by atoms with E-state index in [1.807, 2.05) is 32.0 Å². The fraction of sp³-hybridized carbons (Fsp3) is 0.333. The van der Waals surface area contributed by atoms with Crippen LogP contribution < -0.4 is 20.1 Å². The molecule has 1 saturated heterocycles. The first kappa shape index (κ1) is 29.0. The van der Waals surface area contributed by atoms with Gasteiger partial charge in [-0.2, -0.15) is 0 Å². The molecule has 202 valence electrons. The lowest BCUT2D eigenvalue weighted by Gasteiger charge is -2.20. The Labute approximate surface area is 232 Å². The molecule has 0 aliphatic carbocycles. The lowest BCUT2D eigenvalue weighted by molar-refractivity contribution is -0.128. The van der Waals surface area contributed by atoms with Gasteiger partial charge in [-0.3, -0.25) is 9.59 Å². The zero-order valence-corrected chi connectivity index (χ0v) is 23.5. The Bertz CT molecular complexity index is 1320. The Morgan fingerprint density at radius 1 is 1.08 bits per heavy atom. The van der Waals surface area contributed by atoms with Crippen LogP contribution in [-0.4, -0.2) is 66.1 Å². The van der Waals surface area contributed by atoms with Gasteiger partial charge in [0, 0.05) is 43.2 Å². The fourth-order valence-corrected chi connectivity index (χ4v) is 4.88. The maximum Gasteiger partial charge on any atom is 0.243 e. The van der Waals surface area contributed by atoms with Crippen molar-refractivity contribution in [2.45, 2.75) is 32.9 Å². The molecular formula is C27H31Cl2N5O4. The van der Waals surface area contributed by atoms with E-state index in [0.29, 0.717) is 51.7 Å². The van der Waals surface area contributed by atoms with Crippen LogP contribution in [0.3, 0.4) is 0 Å². The lowest BCUT2D eigenvalue weighted by atomic mass is 10.0. The number of halogens is 2. The van der Waals surface area contributed by atoms with Crippen LogP contribution in [0.2, 0.25) is 10.0 Å². The highest BCUT2D eigenvalue weighted by Gasteiger charge is 2.35. The van der Waals surface area contributed by atoms with Crippen molar-refractivity contribution in [3.8, 4) is 22.6 Å². The largest absolute Gasteiger partial charge is 0.495 e. The minimum absolute atomic E-state index is 0.0735. The molecule has 9 nitrogen and oxygen atoms in total. The summed E-state index contributed by atoms with van der Waals surface area (Å²) < 4.78 is 10.7. The number of carbonyl (C=O) groups is 2. The normalized spacial score (nSPS) is 16.3. The van der Waals surface area contributed by atoms with Crippen LogP contribution in [0.1, 0.15) is 20.8 Å². The quantitative estimate of drug-likeness (QED) is 0.394. The van der Waals surface area contributed by atoms with Crippen LogP contribution in [0.25, 0.3) is 22.0 Å². The highest BCUT2D eigenvalue weighted by Crippen LogP contribution is 2.46. The summed E-state index contributed by atoms with van der Waals surface area (Å²) in [5.41, 5.74) is 2.01. The number of ether oxygens (including phenoxy) is 2. The molecule has 4 rings (SSSR count). The summed E-state index contributed by atoms with van der Waals surface area (Å²) in [7, 11) is 3.04. The summed E-state index contributed by atoms with van der Waals surface area (Å²) in [6.07, 6.45) is 2.89. The summed E-state index contributed by atoms with van der Waals surface area (Å²) in [6.45, 7) is 9.78. The first-order valence-corrected chi connectivity index (χ1v) is 12.8. The second-order valence-electron chi connectivity index (χ2n) is 8.25. The summed E-state index contributed by atoms with van der Waals surface area (Å²) in [6, 6.07) is 6.63. The number of fused-ring (bicyclic) bond motifs is 1. The van der Waals surface area contributed by atoms with Crippen LogP contribution in [0.15, 0.2) is 43.1 Å². The summed E-state index contributed by atoms with van der Waals surface area (Å²) in [5, 5.41) is 7.61. The van der Waals surface area contributed by atoms with Gasteiger partial charge in [0.05, 0.1) is 41.9 Å². The van der Waals surface area contributed by atoms with Crippen molar-refractivity contribution in [2.24, 2.45) is 0 Å². The van der Waals surface area contributed by atoms with Crippen LogP contribution in [0.4, 0.5) is 5.95 Å². The number of anilines is 1. The van der Waals surface area contributed by atoms with Crippen LogP contribution in [-0.2, 0) is 9.59 Å². The Hall–Kier alpha value is -3.56. The first-order chi connectivity index (χ1) is 18.2. The molecule has 1 aliphatic rings.